The fraction of sp³-hybridized carbons (Fsp3) is 0.375. The molecule has 0 spiro atoms. The molecule has 0 radical (unpaired) electrons. The lowest BCUT2D eigenvalue weighted by molar-refractivity contribution is -0.139. The van der Waals surface area contributed by atoms with E-state index in [9.17, 15) is 4.79 Å². The molecule has 0 unspecified atom stereocenters. The molecule has 7 heteroatoms. The van der Waals surface area contributed by atoms with E-state index in [1.54, 1.807) is 12.1 Å². The summed E-state index contributed by atoms with van der Waals surface area (Å²) in [6, 6.07) is 5.25. The molecule has 6 nitrogen and oxygen atoms in total. The first-order valence-electron chi connectivity index (χ1n) is 6.85. The minimum atomic E-state index is -0.700. The number of nitrogens with zero attached hydrogens (tertiary/aromatic N) is 1. The van der Waals surface area contributed by atoms with Crippen molar-refractivity contribution in [2.75, 3.05) is 34.0 Å². The fourth-order valence-electron chi connectivity index (χ4n) is 1.73. The Kier molecular flexibility index (Phi) is 8.16. The minimum Gasteiger partial charge on any atom is -0.492 e. The van der Waals surface area contributed by atoms with Crippen molar-refractivity contribution < 1.29 is 23.7 Å². The number of nitriles is 1. The van der Waals surface area contributed by atoms with Gasteiger partial charge in [-0.25, -0.2) is 4.79 Å². The van der Waals surface area contributed by atoms with Gasteiger partial charge in [0.1, 0.15) is 18.2 Å². The summed E-state index contributed by atoms with van der Waals surface area (Å²) in [5, 5.41) is 9.14. The first-order valence-corrected chi connectivity index (χ1v) is 7.64. The maximum Gasteiger partial charge on any atom is 0.348 e. The van der Waals surface area contributed by atoms with Gasteiger partial charge in [0.15, 0.2) is 11.5 Å². The molecule has 0 aromatic heterocycles. The molecule has 1 aromatic rings. The molecule has 0 bridgehead atoms. The van der Waals surface area contributed by atoms with E-state index >= 15 is 0 Å². The van der Waals surface area contributed by atoms with Crippen LogP contribution in [0.2, 0.25) is 0 Å². The summed E-state index contributed by atoms with van der Waals surface area (Å²) in [4.78, 5) is 11.8. The highest BCUT2D eigenvalue weighted by atomic mass is 79.9. The van der Waals surface area contributed by atoms with E-state index in [-0.39, 0.29) is 18.8 Å². The molecule has 0 N–H and O–H groups in total. The van der Waals surface area contributed by atoms with Crippen molar-refractivity contribution in [2.24, 2.45) is 0 Å². The Balaban J connectivity index is 3.08. The zero-order chi connectivity index (χ0) is 17.2. The van der Waals surface area contributed by atoms with Crippen molar-refractivity contribution in [3.05, 3.63) is 27.7 Å². The van der Waals surface area contributed by atoms with E-state index in [2.05, 4.69) is 15.9 Å². The third-order valence-corrected chi connectivity index (χ3v) is 3.30. The van der Waals surface area contributed by atoms with Crippen molar-refractivity contribution in [1.29, 1.82) is 5.26 Å². The van der Waals surface area contributed by atoms with Gasteiger partial charge in [0.2, 0.25) is 0 Å². The summed E-state index contributed by atoms with van der Waals surface area (Å²) < 4.78 is 21.2. The van der Waals surface area contributed by atoms with Gasteiger partial charge >= 0.3 is 5.97 Å². The molecule has 0 atom stereocenters. The van der Waals surface area contributed by atoms with Crippen LogP contribution >= 0.6 is 15.9 Å². The van der Waals surface area contributed by atoms with E-state index in [4.69, 9.17) is 24.2 Å². The summed E-state index contributed by atoms with van der Waals surface area (Å²) in [6.07, 6.45) is 1.43. The second kappa shape index (κ2) is 9.87. The molecular weight excluding hydrogens is 366 g/mol. The Morgan fingerprint density at radius 2 is 2.09 bits per heavy atom. The van der Waals surface area contributed by atoms with Gasteiger partial charge in [-0.3, -0.25) is 0 Å². The number of carbonyl (C=O) groups is 1. The Labute approximate surface area is 143 Å². The zero-order valence-corrected chi connectivity index (χ0v) is 14.8. The number of hydrogen-bond acceptors (Lipinski definition) is 6. The molecule has 124 valence electrons. The van der Waals surface area contributed by atoms with Crippen LogP contribution in [0.3, 0.4) is 0 Å². The summed E-state index contributed by atoms with van der Waals surface area (Å²) in [5.74, 6) is 0.361. The number of carbonyl (C=O) groups excluding carboxylic acids is 1. The lowest BCUT2D eigenvalue weighted by Gasteiger charge is -2.12. The van der Waals surface area contributed by atoms with Crippen LogP contribution in [-0.2, 0) is 14.3 Å². The quantitative estimate of drug-likeness (QED) is 0.297. The zero-order valence-electron chi connectivity index (χ0n) is 13.2. The van der Waals surface area contributed by atoms with Gasteiger partial charge in [-0.1, -0.05) is 0 Å². The maximum absolute atomic E-state index is 11.8. The van der Waals surface area contributed by atoms with Crippen molar-refractivity contribution in [3.8, 4) is 17.6 Å². The van der Waals surface area contributed by atoms with Gasteiger partial charge in [-0.05, 0) is 46.6 Å². The predicted molar refractivity (Wildman–Crippen MR) is 88.3 cm³/mol. The summed E-state index contributed by atoms with van der Waals surface area (Å²) in [6.45, 7) is 2.67. The summed E-state index contributed by atoms with van der Waals surface area (Å²) in [5.41, 5.74) is 0.502. The van der Waals surface area contributed by atoms with Gasteiger partial charge in [-0.2, -0.15) is 5.26 Å². The van der Waals surface area contributed by atoms with Crippen LogP contribution in [0, 0.1) is 11.3 Å². The molecule has 23 heavy (non-hydrogen) atoms. The number of methoxy groups -OCH3 is 2. The van der Waals surface area contributed by atoms with Crippen LogP contribution in [0.15, 0.2) is 22.2 Å². The first kappa shape index (κ1) is 19.0. The van der Waals surface area contributed by atoms with Crippen molar-refractivity contribution >= 4 is 28.0 Å². The van der Waals surface area contributed by atoms with E-state index in [1.807, 2.05) is 13.0 Å². The molecule has 1 rings (SSSR count). The third-order valence-electron chi connectivity index (χ3n) is 2.71. The molecule has 0 aliphatic carbocycles. The molecule has 0 heterocycles. The highest BCUT2D eigenvalue weighted by Crippen LogP contribution is 2.37. The smallest absolute Gasteiger partial charge is 0.348 e. The van der Waals surface area contributed by atoms with E-state index in [1.165, 1.54) is 20.3 Å². The standard InChI is InChI=1S/C16H18BrNO5/c1-4-22-14-9-11(8-13(17)15(14)21-3)7-12(10-18)16(19)23-6-5-20-2/h7-9H,4-6H2,1-3H3/b12-7+. The van der Waals surface area contributed by atoms with Gasteiger partial charge < -0.3 is 18.9 Å². The Hall–Kier alpha value is -2.04. The number of halogens is 1. The molecule has 1 aromatic carbocycles. The molecule has 0 aliphatic rings. The molecule has 0 saturated heterocycles. The molecule has 0 amide bonds. The van der Waals surface area contributed by atoms with Crippen LogP contribution in [0.4, 0.5) is 0 Å². The van der Waals surface area contributed by atoms with Crippen LogP contribution < -0.4 is 9.47 Å². The van der Waals surface area contributed by atoms with Gasteiger partial charge in [0.25, 0.3) is 0 Å². The average Bonchev–Trinajstić information content (AvgIpc) is 2.53. The number of hydrogen-bond donors (Lipinski definition) is 0. The average molecular weight is 384 g/mol. The number of esters is 1. The first-order chi connectivity index (χ1) is 11.1. The predicted octanol–water partition coefficient (Wildman–Crippen LogP) is 2.95. The molecule has 0 fully saturated rings. The lowest BCUT2D eigenvalue weighted by Crippen LogP contribution is -2.11. The summed E-state index contributed by atoms with van der Waals surface area (Å²) in [7, 11) is 3.03. The van der Waals surface area contributed by atoms with E-state index in [0.29, 0.717) is 28.1 Å². The highest BCUT2D eigenvalue weighted by Gasteiger charge is 2.14. The monoisotopic (exact) mass is 383 g/mol. The minimum absolute atomic E-state index is 0.0882. The van der Waals surface area contributed by atoms with Crippen molar-refractivity contribution in [3.63, 3.8) is 0 Å². The number of ether oxygens (including phenoxy) is 4. The largest absolute Gasteiger partial charge is 0.492 e. The SMILES string of the molecule is CCOc1cc(/C=C(\C#N)C(=O)OCCOC)cc(Br)c1OC. The fourth-order valence-corrected chi connectivity index (χ4v) is 2.35. The van der Waals surface area contributed by atoms with Gasteiger partial charge in [0, 0.05) is 7.11 Å². The second-order valence-electron chi connectivity index (χ2n) is 4.27. The second-order valence-corrected chi connectivity index (χ2v) is 5.12. The molecular formula is C16H18BrNO5. The normalized spacial score (nSPS) is 10.8. The Morgan fingerprint density at radius 3 is 2.65 bits per heavy atom. The Morgan fingerprint density at radius 1 is 1.35 bits per heavy atom. The van der Waals surface area contributed by atoms with Crippen LogP contribution in [0.5, 0.6) is 11.5 Å². The Bertz CT molecular complexity index is 622. The van der Waals surface area contributed by atoms with E-state index < -0.39 is 5.97 Å². The topological polar surface area (TPSA) is 77.8 Å². The van der Waals surface area contributed by atoms with Gasteiger partial charge in [-0.15, -0.1) is 0 Å². The van der Waals surface area contributed by atoms with Crippen LogP contribution in [0.1, 0.15) is 12.5 Å². The molecule has 0 saturated carbocycles. The number of rotatable bonds is 8. The highest BCUT2D eigenvalue weighted by molar-refractivity contribution is 9.10. The van der Waals surface area contributed by atoms with E-state index in [0.717, 1.165) is 0 Å². The van der Waals surface area contributed by atoms with Crippen molar-refractivity contribution in [2.45, 2.75) is 6.92 Å². The van der Waals surface area contributed by atoms with Crippen LogP contribution in [-0.4, -0.2) is 40.0 Å². The maximum atomic E-state index is 11.8. The van der Waals surface area contributed by atoms with Gasteiger partial charge in [0.05, 0.1) is 24.8 Å². The number of benzene rings is 1. The van der Waals surface area contributed by atoms with Crippen molar-refractivity contribution in [1.82, 2.24) is 0 Å². The summed E-state index contributed by atoms with van der Waals surface area (Å²) >= 11 is 3.38. The third kappa shape index (κ3) is 5.58. The molecule has 0 aliphatic heterocycles. The van der Waals surface area contributed by atoms with Crippen LogP contribution in [0.25, 0.3) is 6.08 Å². The lowest BCUT2D eigenvalue weighted by atomic mass is 10.1.